The van der Waals surface area contributed by atoms with E-state index < -0.39 is 21.9 Å². The number of hydrogen-bond donors (Lipinski definition) is 2. The lowest BCUT2D eigenvalue weighted by molar-refractivity contribution is -0.127. The van der Waals surface area contributed by atoms with E-state index in [4.69, 9.17) is 4.74 Å². The summed E-state index contributed by atoms with van der Waals surface area (Å²) in [5, 5.41) is 0.708. The van der Waals surface area contributed by atoms with Crippen molar-refractivity contribution in [3.63, 3.8) is 0 Å². The first-order valence-corrected chi connectivity index (χ1v) is 11.5. The Morgan fingerprint density at radius 1 is 1.19 bits per heavy atom. The molecule has 170 valence electrons. The molecule has 0 saturated heterocycles. The van der Waals surface area contributed by atoms with Gasteiger partial charge in [-0.15, -0.1) is 0 Å². The van der Waals surface area contributed by atoms with Gasteiger partial charge in [0.2, 0.25) is 0 Å². The highest BCUT2D eigenvalue weighted by Gasteiger charge is 2.38. The van der Waals surface area contributed by atoms with Gasteiger partial charge >= 0.3 is 0 Å². The van der Waals surface area contributed by atoms with Gasteiger partial charge in [-0.1, -0.05) is 13.8 Å². The van der Waals surface area contributed by atoms with Crippen molar-refractivity contribution in [2.24, 2.45) is 13.0 Å². The Kier molecular flexibility index (Phi) is 5.29. The molecule has 3 heterocycles. The van der Waals surface area contributed by atoms with Crippen molar-refractivity contribution in [2.75, 3.05) is 11.9 Å². The van der Waals surface area contributed by atoms with Gasteiger partial charge in [0.25, 0.3) is 11.5 Å². The van der Waals surface area contributed by atoms with Gasteiger partial charge in [-0.25, -0.2) is 4.21 Å². The standard InChI is InChI=1S/C23H27N3O5S/c1-12(2)19-22(28)26(6)17-10-13(23(3,4)32(29)30)9-15(20(17)31-19)16-11-25(5)21(27)18-14(16)7-8-24-18/h7-12,19,24H,1-6H3,(H,29,30). The molecule has 0 fully saturated rings. The predicted octanol–water partition coefficient (Wildman–Crippen LogP) is 3.37. The summed E-state index contributed by atoms with van der Waals surface area (Å²) in [7, 11) is 3.35. The quantitative estimate of drug-likeness (QED) is 0.585. The number of anilines is 1. The monoisotopic (exact) mass is 457 g/mol. The molecule has 2 unspecified atom stereocenters. The molecule has 2 atom stereocenters. The summed E-state index contributed by atoms with van der Waals surface area (Å²) in [6, 6.07) is 5.37. The molecular weight excluding hydrogens is 430 g/mol. The molecule has 32 heavy (non-hydrogen) atoms. The largest absolute Gasteiger partial charge is 0.477 e. The first kappa shape index (κ1) is 22.3. The molecule has 4 rings (SSSR count). The predicted molar refractivity (Wildman–Crippen MR) is 125 cm³/mol. The average Bonchev–Trinajstić information content (AvgIpc) is 3.22. The number of likely N-dealkylation sites (N-methyl/N-ethyl adjacent to an activating group) is 1. The van der Waals surface area contributed by atoms with Crippen LogP contribution in [0.1, 0.15) is 33.3 Å². The van der Waals surface area contributed by atoms with Crippen LogP contribution in [0.15, 0.2) is 35.4 Å². The second kappa shape index (κ2) is 7.60. The van der Waals surface area contributed by atoms with Crippen LogP contribution in [-0.4, -0.2) is 37.4 Å². The van der Waals surface area contributed by atoms with Crippen LogP contribution in [0.5, 0.6) is 5.75 Å². The fraction of sp³-hybridized carbons (Fsp3) is 0.391. The van der Waals surface area contributed by atoms with E-state index in [1.807, 2.05) is 26.0 Å². The molecule has 2 aromatic heterocycles. The number of H-pyrrole nitrogens is 1. The third-order valence-corrected chi connectivity index (χ3v) is 7.28. The van der Waals surface area contributed by atoms with Gasteiger partial charge in [0.15, 0.2) is 22.9 Å². The number of aromatic nitrogens is 2. The number of pyridine rings is 1. The highest BCUT2D eigenvalue weighted by atomic mass is 32.2. The molecule has 1 aliphatic rings. The Balaban J connectivity index is 2.10. The molecule has 1 aromatic carbocycles. The number of nitrogens with one attached hydrogen (secondary N) is 1. The number of rotatable bonds is 4. The van der Waals surface area contributed by atoms with E-state index in [1.165, 1.54) is 4.57 Å². The first-order valence-electron chi connectivity index (χ1n) is 10.4. The average molecular weight is 458 g/mol. The maximum atomic E-state index is 13.0. The minimum atomic E-state index is -2.16. The SMILES string of the molecule is CC(C)C1Oc2c(-c3cn(C)c(=O)c4[nH]ccc34)cc(C(C)(C)S(=O)O)cc2N(C)C1=O. The second-order valence-electron chi connectivity index (χ2n) is 9.04. The number of hydrogen-bond acceptors (Lipinski definition) is 4. The molecule has 0 aliphatic carbocycles. The molecule has 8 nitrogen and oxygen atoms in total. The van der Waals surface area contributed by atoms with Gasteiger partial charge in [-0.3, -0.25) is 9.59 Å². The smallest absolute Gasteiger partial charge is 0.274 e. The van der Waals surface area contributed by atoms with Gasteiger partial charge in [0.1, 0.15) is 5.52 Å². The van der Waals surface area contributed by atoms with Gasteiger partial charge in [-0.05, 0) is 43.5 Å². The van der Waals surface area contributed by atoms with E-state index in [2.05, 4.69) is 4.98 Å². The Bertz CT molecular complexity index is 1320. The van der Waals surface area contributed by atoms with E-state index in [9.17, 15) is 18.4 Å². The fourth-order valence-corrected chi connectivity index (χ4v) is 4.35. The van der Waals surface area contributed by atoms with Crippen LogP contribution in [0.25, 0.3) is 22.0 Å². The molecule has 9 heteroatoms. The number of ether oxygens (including phenoxy) is 1. The number of nitrogens with zero attached hydrogens (tertiary/aromatic N) is 2. The minimum Gasteiger partial charge on any atom is -0.477 e. The van der Waals surface area contributed by atoms with Gasteiger partial charge in [0.05, 0.1) is 10.4 Å². The number of aryl methyl sites for hydroxylation is 1. The summed E-state index contributed by atoms with van der Waals surface area (Å²) in [6.45, 7) is 7.18. The van der Waals surface area contributed by atoms with Crippen LogP contribution in [0.2, 0.25) is 0 Å². The van der Waals surface area contributed by atoms with Gasteiger partial charge in [-0.2, -0.15) is 0 Å². The van der Waals surface area contributed by atoms with Crippen LogP contribution >= 0.6 is 0 Å². The third kappa shape index (κ3) is 3.27. The molecule has 1 amide bonds. The molecule has 1 aliphatic heterocycles. The van der Waals surface area contributed by atoms with E-state index in [1.54, 1.807) is 51.3 Å². The number of aromatic amines is 1. The van der Waals surface area contributed by atoms with E-state index >= 15 is 0 Å². The van der Waals surface area contributed by atoms with E-state index in [0.29, 0.717) is 33.5 Å². The van der Waals surface area contributed by atoms with Crippen LogP contribution in [0.4, 0.5) is 5.69 Å². The minimum absolute atomic E-state index is 0.0561. The lowest BCUT2D eigenvalue weighted by Crippen LogP contribution is -2.46. The van der Waals surface area contributed by atoms with Crippen molar-refractivity contribution >= 4 is 33.6 Å². The van der Waals surface area contributed by atoms with Gasteiger partial charge < -0.3 is 23.7 Å². The second-order valence-corrected chi connectivity index (χ2v) is 10.6. The van der Waals surface area contributed by atoms with Crippen LogP contribution < -0.4 is 15.2 Å². The van der Waals surface area contributed by atoms with Crippen molar-refractivity contribution < 1.29 is 18.3 Å². The summed E-state index contributed by atoms with van der Waals surface area (Å²) in [5.74, 6) is 0.278. The van der Waals surface area contributed by atoms with Crippen molar-refractivity contribution in [1.82, 2.24) is 9.55 Å². The first-order chi connectivity index (χ1) is 14.9. The van der Waals surface area contributed by atoms with Crippen molar-refractivity contribution in [3.8, 4) is 16.9 Å². The highest BCUT2D eigenvalue weighted by molar-refractivity contribution is 7.80. The Hall–Kier alpha value is -2.91. The Morgan fingerprint density at radius 2 is 1.88 bits per heavy atom. The summed E-state index contributed by atoms with van der Waals surface area (Å²) < 4.78 is 28.8. The molecule has 0 bridgehead atoms. The molecule has 0 saturated carbocycles. The zero-order chi connectivity index (χ0) is 23.5. The lowest BCUT2D eigenvalue weighted by atomic mass is 9.92. The maximum Gasteiger partial charge on any atom is 0.274 e. The zero-order valence-corrected chi connectivity index (χ0v) is 19.7. The third-order valence-electron chi connectivity index (χ3n) is 6.17. The summed E-state index contributed by atoms with van der Waals surface area (Å²) in [6.07, 6.45) is 2.77. The van der Waals surface area contributed by atoms with Crippen molar-refractivity contribution in [1.29, 1.82) is 0 Å². The van der Waals surface area contributed by atoms with Crippen LogP contribution in [-0.2, 0) is 27.7 Å². The number of carbonyl (C=O) groups is 1. The van der Waals surface area contributed by atoms with E-state index in [0.717, 1.165) is 5.56 Å². The maximum absolute atomic E-state index is 13.0. The van der Waals surface area contributed by atoms with E-state index in [-0.39, 0.29) is 17.4 Å². The van der Waals surface area contributed by atoms with Crippen LogP contribution in [0, 0.1) is 5.92 Å². The number of benzene rings is 1. The normalized spacial score (nSPS) is 17.6. The summed E-state index contributed by atoms with van der Waals surface area (Å²) >= 11 is -2.16. The zero-order valence-electron chi connectivity index (χ0n) is 18.9. The molecule has 0 spiro atoms. The molecule has 3 aromatic rings. The summed E-state index contributed by atoms with van der Waals surface area (Å²) in [5.41, 5.74) is 2.78. The Labute approximate surface area is 188 Å². The lowest BCUT2D eigenvalue weighted by Gasteiger charge is -2.36. The van der Waals surface area contributed by atoms with Gasteiger partial charge in [0, 0.05) is 43.0 Å². The molecular formula is C23H27N3O5S. The summed E-state index contributed by atoms with van der Waals surface area (Å²) in [4.78, 5) is 30.1. The number of carbonyl (C=O) groups excluding carboxylic acids is 1. The topological polar surface area (TPSA) is 105 Å². The number of fused-ring (bicyclic) bond motifs is 2. The van der Waals surface area contributed by atoms with Crippen molar-refractivity contribution in [2.45, 2.75) is 38.5 Å². The highest BCUT2D eigenvalue weighted by Crippen LogP contribution is 2.47. The fourth-order valence-electron chi connectivity index (χ4n) is 4.03. The molecule has 0 radical (unpaired) electrons. The molecule has 2 N–H and O–H groups in total. The van der Waals surface area contributed by atoms with Crippen LogP contribution in [0.3, 0.4) is 0 Å². The number of amides is 1. The van der Waals surface area contributed by atoms with Crippen molar-refractivity contribution in [3.05, 3.63) is 46.5 Å². The Morgan fingerprint density at radius 3 is 2.50 bits per heavy atom.